The summed E-state index contributed by atoms with van der Waals surface area (Å²) in [6, 6.07) is 18.5. The van der Waals surface area contributed by atoms with E-state index in [1.54, 1.807) is 14.2 Å². The van der Waals surface area contributed by atoms with Gasteiger partial charge in [-0.15, -0.1) is 0 Å². The summed E-state index contributed by atoms with van der Waals surface area (Å²) in [5.74, 6) is 2.75. The van der Waals surface area contributed by atoms with Crippen molar-refractivity contribution < 1.29 is 14.2 Å². The van der Waals surface area contributed by atoms with Crippen molar-refractivity contribution in [2.24, 2.45) is 0 Å². The van der Waals surface area contributed by atoms with Crippen LogP contribution < -0.4 is 14.2 Å². The van der Waals surface area contributed by atoms with E-state index in [0.717, 1.165) is 45.9 Å². The smallest absolute Gasteiger partial charge is 0.126 e. The standard InChI is InChI=1S/C25H28O3/c1-17-18(2)25(27-5)23(19(3)24(17)26-4)15-20-11-13-22(14-12-20)28-16-21-9-7-6-8-10-21/h6-14H,15-16H2,1-5H3. The monoisotopic (exact) mass is 376 g/mol. The van der Waals surface area contributed by atoms with Crippen molar-refractivity contribution in [1.29, 1.82) is 0 Å². The van der Waals surface area contributed by atoms with Crippen LogP contribution in [0, 0.1) is 20.8 Å². The molecule has 0 amide bonds. The van der Waals surface area contributed by atoms with Crippen molar-refractivity contribution in [1.82, 2.24) is 0 Å². The highest BCUT2D eigenvalue weighted by Crippen LogP contribution is 2.38. The van der Waals surface area contributed by atoms with E-state index in [-0.39, 0.29) is 0 Å². The highest BCUT2D eigenvalue weighted by atomic mass is 16.5. The van der Waals surface area contributed by atoms with Gasteiger partial charge in [0.15, 0.2) is 0 Å². The average Bonchev–Trinajstić information content (AvgIpc) is 2.73. The number of hydrogen-bond acceptors (Lipinski definition) is 3. The Hall–Kier alpha value is -2.94. The molecule has 0 N–H and O–H groups in total. The number of ether oxygens (including phenoxy) is 3. The topological polar surface area (TPSA) is 27.7 Å². The summed E-state index contributed by atoms with van der Waals surface area (Å²) >= 11 is 0. The average molecular weight is 376 g/mol. The van der Waals surface area contributed by atoms with E-state index in [1.165, 1.54) is 11.1 Å². The Morgan fingerprint density at radius 1 is 0.643 bits per heavy atom. The Labute approximate surface area is 167 Å². The molecule has 0 unspecified atom stereocenters. The SMILES string of the molecule is COc1c(C)c(C)c(OC)c(Cc2ccc(OCc3ccccc3)cc2)c1C. The van der Waals surface area contributed by atoms with Crippen molar-refractivity contribution in [3.05, 3.63) is 88.0 Å². The van der Waals surface area contributed by atoms with E-state index in [1.807, 2.05) is 30.3 Å². The molecule has 0 radical (unpaired) electrons. The van der Waals surface area contributed by atoms with Gasteiger partial charge in [0.2, 0.25) is 0 Å². The van der Waals surface area contributed by atoms with Crippen LogP contribution in [0.15, 0.2) is 54.6 Å². The lowest BCUT2D eigenvalue weighted by Gasteiger charge is -2.20. The lowest BCUT2D eigenvalue weighted by Crippen LogP contribution is -2.04. The van der Waals surface area contributed by atoms with Gasteiger partial charge in [0.1, 0.15) is 23.9 Å². The molecule has 0 atom stereocenters. The molecule has 0 fully saturated rings. The van der Waals surface area contributed by atoms with Gasteiger partial charge < -0.3 is 14.2 Å². The predicted molar refractivity (Wildman–Crippen MR) is 114 cm³/mol. The first-order chi connectivity index (χ1) is 13.5. The van der Waals surface area contributed by atoms with Crippen LogP contribution in [0.2, 0.25) is 0 Å². The van der Waals surface area contributed by atoms with Gasteiger partial charge in [-0.25, -0.2) is 0 Å². The third-order valence-electron chi connectivity index (χ3n) is 5.27. The molecular weight excluding hydrogens is 348 g/mol. The van der Waals surface area contributed by atoms with Crippen LogP contribution in [0.3, 0.4) is 0 Å². The first kappa shape index (κ1) is 19.8. The van der Waals surface area contributed by atoms with Gasteiger partial charge in [0, 0.05) is 12.0 Å². The van der Waals surface area contributed by atoms with Gasteiger partial charge in [0.25, 0.3) is 0 Å². The zero-order valence-corrected chi connectivity index (χ0v) is 17.3. The molecule has 0 bridgehead atoms. The highest BCUT2D eigenvalue weighted by molar-refractivity contribution is 5.59. The molecule has 3 aromatic rings. The zero-order chi connectivity index (χ0) is 20.1. The zero-order valence-electron chi connectivity index (χ0n) is 17.3. The lowest BCUT2D eigenvalue weighted by atomic mass is 9.93. The highest BCUT2D eigenvalue weighted by Gasteiger charge is 2.18. The molecule has 3 aromatic carbocycles. The van der Waals surface area contributed by atoms with Crippen LogP contribution >= 0.6 is 0 Å². The Morgan fingerprint density at radius 2 is 1.25 bits per heavy atom. The predicted octanol–water partition coefficient (Wildman–Crippen LogP) is 5.80. The summed E-state index contributed by atoms with van der Waals surface area (Å²) in [5.41, 5.74) is 6.92. The molecule has 0 spiro atoms. The van der Waals surface area contributed by atoms with Crippen molar-refractivity contribution in [3.63, 3.8) is 0 Å². The molecule has 0 aliphatic carbocycles. The number of hydrogen-bond donors (Lipinski definition) is 0. The van der Waals surface area contributed by atoms with Crippen LogP contribution in [-0.2, 0) is 13.0 Å². The largest absolute Gasteiger partial charge is 0.496 e. The number of benzene rings is 3. The van der Waals surface area contributed by atoms with Crippen LogP contribution in [-0.4, -0.2) is 14.2 Å². The first-order valence-electron chi connectivity index (χ1n) is 9.51. The third-order valence-corrected chi connectivity index (χ3v) is 5.27. The second kappa shape index (κ2) is 8.83. The molecule has 28 heavy (non-hydrogen) atoms. The molecule has 0 aliphatic heterocycles. The van der Waals surface area contributed by atoms with Gasteiger partial charge in [-0.2, -0.15) is 0 Å². The van der Waals surface area contributed by atoms with E-state index >= 15 is 0 Å². The van der Waals surface area contributed by atoms with Crippen molar-refractivity contribution in [2.75, 3.05) is 14.2 Å². The van der Waals surface area contributed by atoms with Crippen LogP contribution in [0.4, 0.5) is 0 Å². The Morgan fingerprint density at radius 3 is 1.86 bits per heavy atom. The van der Waals surface area contributed by atoms with Gasteiger partial charge in [0.05, 0.1) is 14.2 Å². The normalized spacial score (nSPS) is 10.6. The van der Waals surface area contributed by atoms with E-state index in [9.17, 15) is 0 Å². The van der Waals surface area contributed by atoms with E-state index in [0.29, 0.717) is 6.61 Å². The molecule has 0 heterocycles. The summed E-state index contributed by atoms with van der Waals surface area (Å²) in [5, 5.41) is 0. The summed E-state index contributed by atoms with van der Waals surface area (Å²) in [4.78, 5) is 0. The van der Waals surface area contributed by atoms with Gasteiger partial charge in [-0.3, -0.25) is 0 Å². The van der Waals surface area contributed by atoms with E-state index < -0.39 is 0 Å². The molecule has 3 nitrogen and oxygen atoms in total. The van der Waals surface area contributed by atoms with Crippen LogP contribution in [0.5, 0.6) is 17.2 Å². The molecule has 0 aliphatic rings. The molecule has 146 valence electrons. The number of rotatable bonds is 7. The minimum atomic E-state index is 0.571. The van der Waals surface area contributed by atoms with Gasteiger partial charge in [-0.1, -0.05) is 42.5 Å². The van der Waals surface area contributed by atoms with Gasteiger partial charge >= 0.3 is 0 Å². The minimum absolute atomic E-state index is 0.571. The molecule has 0 saturated heterocycles. The summed E-state index contributed by atoms with van der Waals surface area (Å²) in [6.07, 6.45) is 0.783. The fourth-order valence-electron chi connectivity index (χ4n) is 3.60. The fraction of sp³-hybridized carbons (Fsp3) is 0.280. The summed E-state index contributed by atoms with van der Waals surface area (Å²) in [6.45, 7) is 6.83. The maximum Gasteiger partial charge on any atom is 0.126 e. The summed E-state index contributed by atoms with van der Waals surface area (Å²) < 4.78 is 17.3. The van der Waals surface area contributed by atoms with Gasteiger partial charge in [-0.05, 0) is 60.7 Å². The minimum Gasteiger partial charge on any atom is -0.496 e. The van der Waals surface area contributed by atoms with E-state index in [2.05, 4.69) is 45.0 Å². The second-order valence-electron chi connectivity index (χ2n) is 7.02. The molecule has 3 rings (SSSR count). The second-order valence-corrected chi connectivity index (χ2v) is 7.02. The Bertz CT molecular complexity index is 929. The van der Waals surface area contributed by atoms with Crippen LogP contribution in [0.25, 0.3) is 0 Å². The maximum atomic E-state index is 5.89. The molecule has 0 aromatic heterocycles. The van der Waals surface area contributed by atoms with Crippen molar-refractivity contribution in [3.8, 4) is 17.2 Å². The fourth-order valence-corrected chi connectivity index (χ4v) is 3.60. The molecular formula is C25H28O3. The van der Waals surface area contributed by atoms with Crippen LogP contribution in [0.1, 0.15) is 33.4 Å². The first-order valence-corrected chi connectivity index (χ1v) is 9.51. The van der Waals surface area contributed by atoms with Crippen molar-refractivity contribution >= 4 is 0 Å². The number of methoxy groups -OCH3 is 2. The Balaban J connectivity index is 1.79. The molecule has 0 saturated carbocycles. The quantitative estimate of drug-likeness (QED) is 0.522. The van der Waals surface area contributed by atoms with Crippen molar-refractivity contribution in [2.45, 2.75) is 33.8 Å². The maximum absolute atomic E-state index is 5.89. The lowest BCUT2D eigenvalue weighted by molar-refractivity contribution is 0.306. The summed E-state index contributed by atoms with van der Waals surface area (Å²) in [7, 11) is 3.46. The van der Waals surface area contributed by atoms with E-state index in [4.69, 9.17) is 14.2 Å². The Kier molecular flexibility index (Phi) is 6.25. The third kappa shape index (κ3) is 4.14. The molecule has 3 heteroatoms.